The summed E-state index contributed by atoms with van der Waals surface area (Å²) >= 11 is 0. The van der Waals surface area contributed by atoms with Crippen molar-refractivity contribution in [2.45, 2.75) is 46.1 Å². The van der Waals surface area contributed by atoms with Crippen LogP contribution >= 0.6 is 0 Å². The van der Waals surface area contributed by atoms with Crippen molar-refractivity contribution < 1.29 is 4.79 Å². The second-order valence-electron chi connectivity index (χ2n) is 5.36. The van der Waals surface area contributed by atoms with Gasteiger partial charge in [-0.15, -0.1) is 0 Å². The van der Waals surface area contributed by atoms with E-state index in [1.807, 2.05) is 6.92 Å². The lowest BCUT2D eigenvalue weighted by Crippen LogP contribution is -2.29. The number of H-pyrrole nitrogens is 1. The van der Waals surface area contributed by atoms with Crippen LogP contribution in [0.3, 0.4) is 0 Å². The van der Waals surface area contributed by atoms with Crippen molar-refractivity contribution in [1.29, 1.82) is 0 Å². The van der Waals surface area contributed by atoms with Crippen LogP contribution in [0.4, 0.5) is 5.69 Å². The van der Waals surface area contributed by atoms with Crippen LogP contribution in [-0.4, -0.2) is 47.2 Å². The molecule has 0 fully saturated rings. The van der Waals surface area contributed by atoms with Gasteiger partial charge in [0.05, 0.1) is 11.4 Å². The molecule has 0 spiro atoms. The average molecular weight is 281 g/mol. The van der Waals surface area contributed by atoms with Crippen LogP contribution in [0.15, 0.2) is 0 Å². The molecule has 0 saturated carbocycles. The molecule has 1 aromatic heterocycles. The topological polar surface area (TPSA) is 87.0 Å². The summed E-state index contributed by atoms with van der Waals surface area (Å²) in [7, 11) is 2.11. The molecule has 0 aliphatic carbocycles. The fourth-order valence-electron chi connectivity index (χ4n) is 1.86. The Hall–Kier alpha value is -1.56. The molecule has 4 N–H and O–H groups in total. The molecule has 0 saturated heterocycles. The third-order valence-corrected chi connectivity index (χ3v) is 3.56. The van der Waals surface area contributed by atoms with Gasteiger partial charge < -0.3 is 16.0 Å². The number of nitrogens with zero attached hydrogens (tertiary/aromatic N) is 2. The maximum absolute atomic E-state index is 11.9. The van der Waals surface area contributed by atoms with Gasteiger partial charge in [0.1, 0.15) is 0 Å². The first-order valence-electron chi connectivity index (χ1n) is 7.28. The average Bonchev–Trinajstić information content (AvgIpc) is 2.78. The molecule has 0 radical (unpaired) electrons. The first-order chi connectivity index (χ1) is 9.47. The first kappa shape index (κ1) is 16.5. The summed E-state index contributed by atoms with van der Waals surface area (Å²) in [5.74, 6) is -0.198. The summed E-state index contributed by atoms with van der Waals surface area (Å²) in [4.78, 5) is 14.2. The zero-order valence-corrected chi connectivity index (χ0v) is 13.0. The van der Waals surface area contributed by atoms with E-state index in [0.717, 1.165) is 31.5 Å². The number of aryl methyl sites for hydroxylation is 1. The lowest BCUT2D eigenvalue weighted by Gasteiger charge is -2.20. The van der Waals surface area contributed by atoms with Gasteiger partial charge >= 0.3 is 0 Å². The van der Waals surface area contributed by atoms with E-state index >= 15 is 0 Å². The van der Waals surface area contributed by atoms with E-state index in [1.165, 1.54) is 0 Å². The van der Waals surface area contributed by atoms with Crippen LogP contribution in [0.25, 0.3) is 0 Å². The van der Waals surface area contributed by atoms with Gasteiger partial charge in [-0.25, -0.2) is 0 Å². The number of nitrogens with one attached hydrogen (secondary N) is 2. The fraction of sp³-hybridized carbons (Fsp3) is 0.714. The monoisotopic (exact) mass is 281 g/mol. The Morgan fingerprint density at radius 3 is 2.70 bits per heavy atom. The zero-order chi connectivity index (χ0) is 15.1. The minimum absolute atomic E-state index is 0.198. The highest BCUT2D eigenvalue weighted by Crippen LogP contribution is 2.13. The van der Waals surface area contributed by atoms with Crippen molar-refractivity contribution in [3.63, 3.8) is 0 Å². The van der Waals surface area contributed by atoms with E-state index in [0.29, 0.717) is 24.0 Å². The van der Waals surface area contributed by atoms with Crippen LogP contribution in [0, 0.1) is 0 Å². The molecule has 0 aliphatic rings. The Morgan fingerprint density at radius 2 is 2.15 bits per heavy atom. The number of nitrogen functional groups attached to an aromatic ring is 1. The number of aromatic nitrogens is 2. The number of unbranched alkanes of at least 4 members (excludes halogenated alkanes) is 1. The molecule has 0 aromatic carbocycles. The Bertz CT molecular complexity index is 427. The Labute approximate surface area is 121 Å². The summed E-state index contributed by atoms with van der Waals surface area (Å²) in [6, 6.07) is 0.556. The third kappa shape index (κ3) is 4.52. The molecule has 0 bridgehead atoms. The summed E-state index contributed by atoms with van der Waals surface area (Å²) in [6.07, 6.45) is 2.76. The highest BCUT2D eigenvalue weighted by atomic mass is 16.1. The van der Waals surface area contributed by atoms with E-state index < -0.39 is 0 Å². The normalized spacial score (nSPS) is 11.3. The minimum atomic E-state index is -0.198. The van der Waals surface area contributed by atoms with Crippen molar-refractivity contribution in [1.82, 2.24) is 20.4 Å². The number of carbonyl (C=O) groups is 1. The second-order valence-corrected chi connectivity index (χ2v) is 5.36. The largest absolute Gasteiger partial charge is 0.395 e. The molecule has 20 heavy (non-hydrogen) atoms. The lowest BCUT2D eigenvalue weighted by molar-refractivity contribution is 0.0948. The molecule has 0 atom stereocenters. The molecule has 6 heteroatoms. The molecule has 1 aromatic rings. The Balaban J connectivity index is 2.28. The highest BCUT2D eigenvalue weighted by Gasteiger charge is 2.15. The fourth-order valence-corrected chi connectivity index (χ4v) is 1.86. The summed E-state index contributed by atoms with van der Waals surface area (Å²) < 4.78 is 0. The molecular weight excluding hydrogens is 254 g/mol. The van der Waals surface area contributed by atoms with Gasteiger partial charge in [-0.1, -0.05) is 6.92 Å². The van der Waals surface area contributed by atoms with Gasteiger partial charge in [-0.05, 0) is 46.7 Å². The smallest absolute Gasteiger partial charge is 0.273 e. The molecular formula is C14H27N5O. The van der Waals surface area contributed by atoms with Crippen LogP contribution in [0.2, 0.25) is 0 Å². The summed E-state index contributed by atoms with van der Waals surface area (Å²) in [6.45, 7) is 8.01. The zero-order valence-electron chi connectivity index (χ0n) is 13.0. The number of anilines is 1. The van der Waals surface area contributed by atoms with Gasteiger partial charge in [-0.2, -0.15) is 5.10 Å². The lowest BCUT2D eigenvalue weighted by atomic mass is 10.2. The molecule has 0 aliphatic heterocycles. The third-order valence-electron chi connectivity index (χ3n) is 3.56. The predicted molar refractivity (Wildman–Crippen MR) is 81.7 cm³/mol. The number of amides is 1. The summed E-state index contributed by atoms with van der Waals surface area (Å²) in [5.41, 5.74) is 7.44. The first-order valence-corrected chi connectivity index (χ1v) is 7.28. The van der Waals surface area contributed by atoms with Gasteiger partial charge in [-0.3, -0.25) is 9.89 Å². The van der Waals surface area contributed by atoms with Gasteiger partial charge in [0.15, 0.2) is 5.69 Å². The molecule has 1 rings (SSSR count). The molecule has 114 valence electrons. The molecule has 6 nitrogen and oxygen atoms in total. The number of nitrogens with two attached hydrogens (primary N) is 1. The van der Waals surface area contributed by atoms with Crippen molar-refractivity contribution in [2.24, 2.45) is 0 Å². The van der Waals surface area contributed by atoms with Crippen LogP contribution in [0.1, 0.15) is 49.8 Å². The van der Waals surface area contributed by atoms with E-state index in [2.05, 4.69) is 41.3 Å². The number of aromatic amines is 1. The van der Waals surface area contributed by atoms with Crippen LogP contribution in [0.5, 0.6) is 0 Å². The van der Waals surface area contributed by atoms with E-state index in [9.17, 15) is 4.79 Å². The maximum Gasteiger partial charge on any atom is 0.273 e. The predicted octanol–water partition coefficient (Wildman–Crippen LogP) is 1.40. The molecule has 1 amide bonds. The van der Waals surface area contributed by atoms with E-state index in [1.54, 1.807) is 0 Å². The number of hydrogen-bond donors (Lipinski definition) is 3. The second kappa shape index (κ2) is 7.89. The van der Waals surface area contributed by atoms with E-state index in [-0.39, 0.29) is 5.91 Å². The molecule has 1 heterocycles. The van der Waals surface area contributed by atoms with Crippen LogP contribution < -0.4 is 11.1 Å². The van der Waals surface area contributed by atoms with Gasteiger partial charge in [0, 0.05) is 12.6 Å². The Morgan fingerprint density at radius 1 is 1.45 bits per heavy atom. The Kier molecular flexibility index (Phi) is 6.51. The minimum Gasteiger partial charge on any atom is -0.395 e. The van der Waals surface area contributed by atoms with Crippen molar-refractivity contribution in [3.8, 4) is 0 Å². The standard InChI is InChI=1S/C14H27N5O/c1-5-11-12(15)13(18-17-11)14(20)16-8-6-7-9-19(4)10(2)3/h10H,5-9,15H2,1-4H3,(H,16,20)(H,17,18). The van der Waals surface area contributed by atoms with Crippen molar-refractivity contribution >= 4 is 11.6 Å². The van der Waals surface area contributed by atoms with Crippen molar-refractivity contribution in [3.05, 3.63) is 11.4 Å². The van der Waals surface area contributed by atoms with Crippen molar-refractivity contribution in [2.75, 3.05) is 25.9 Å². The summed E-state index contributed by atoms with van der Waals surface area (Å²) in [5, 5.41) is 9.62. The highest BCUT2D eigenvalue weighted by molar-refractivity contribution is 5.97. The quantitative estimate of drug-likeness (QED) is 0.629. The van der Waals surface area contributed by atoms with Gasteiger partial charge in [0.2, 0.25) is 0 Å². The molecule has 0 unspecified atom stereocenters. The maximum atomic E-state index is 11.9. The number of carbonyl (C=O) groups excluding carboxylic acids is 1. The number of hydrogen-bond acceptors (Lipinski definition) is 4. The van der Waals surface area contributed by atoms with Crippen LogP contribution in [-0.2, 0) is 6.42 Å². The van der Waals surface area contributed by atoms with E-state index in [4.69, 9.17) is 5.73 Å². The van der Waals surface area contributed by atoms with Gasteiger partial charge in [0.25, 0.3) is 5.91 Å². The SMILES string of the molecule is CCc1[nH]nc(C(=O)NCCCCN(C)C(C)C)c1N. The number of rotatable bonds is 8.